The second-order valence-corrected chi connectivity index (χ2v) is 5.98. The maximum Gasteiger partial charge on any atom is 0.491 e. The lowest BCUT2D eigenvalue weighted by atomic mass is 9.78. The number of carbonyl (C=O) groups is 1. The molecule has 1 aliphatic rings. The molecule has 0 amide bonds. The second-order valence-electron chi connectivity index (χ2n) is 5.57. The van der Waals surface area contributed by atoms with Crippen LogP contribution in [0.4, 0.5) is 17.6 Å². The minimum atomic E-state index is -4.55. The summed E-state index contributed by atoms with van der Waals surface area (Å²) in [6.07, 6.45) is -4.55. The van der Waals surface area contributed by atoms with Crippen LogP contribution < -0.4 is 5.46 Å². The van der Waals surface area contributed by atoms with E-state index in [1.165, 1.54) is 0 Å². The molecule has 1 heterocycles. The van der Waals surface area contributed by atoms with Crippen LogP contribution in [0, 0.1) is 5.82 Å². The van der Waals surface area contributed by atoms with E-state index in [0.29, 0.717) is 11.6 Å². The second kappa shape index (κ2) is 6.90. The Balaban J connectivity index is 1.75. The van der Waals surface area contributed by atoms with Crippen molar-refractivity contribution in [3.05, 3.63) is 63.4 Å². The Morgan fingerprint density at radius 3 is 2.69 bits per heavy atom. The zero-order chi connectivity index (χ0) is 19.1. The van der Waals surface area contributed by atoms with E-state index in [-0.39, 0.29) is 22.7 Å². The molecule has 0 fully saturated rings. The summed E-state index contributed by atoms with van der Waals surface area (Å²) in [6, 6.07) is 4.79. The van der Waals surface area contributed by atoms with Crippen LogP contribution in [0.15, 0.2) is 30.3 Å². The van der Waals surface area contributed by atoms with Crippen molar-refractivity contribution in [1.29, 1.82) is 0 Å². The quantitative estimate of drug-likeness (QED) is 0.499. The van der Waals surface area contributed by atoms with Crippen molar-refractivity contribution < 1.29 is 36.8 Å². The fourth-order valence-electron chi connectivity index (χ4n) is 2.46. The van der Waals surface area contributed by atoms with Gasteiger partial charge in [0, 0.05) is 10.6 Å². The monoisotopic (exact) mass is 388 g/mol. The average molecular weight is 389 g/mol. The molecule has 0 saturated carbocycles. The molecule has 0 aliphatic carbocycles. The number of hydrogen-bond donors (Lipinski definition) is 1. The molecule has 3 rings (SSSR count). The number of benzene rings is 2. The van der Waals surface area contributed by atoms with Crippen LogP contribution in [0.25, 0.3) is 0 Å². The van der Waals surface area contributed by atoms with Crippen molar-refractivity contribution in [1.82, 2.24) is 0 Å². The number of esters is 1. The first kappa shape index (κ1) is 18.7. The highest BCUT2D eigenvalue weighted by molar-refractivity contribution is 6.61. The van der Waals surface area contributed by atoms with Crippen molar-refractivity contribution in [2.45, 2.75) is 19.4 Å². The summed E-state index contributed by atoms with van der Waals surface area (Å²) in [5, 5.41) is 9.38. The molecule has 10 heteroatoms. The van der Waals surface area contributed by atoms with Crippen molar-refractivity contribution in [2.24, 2.45) is 0 Å². The minimum absolute atomic E-state index is 0.0178. The minimum Gasteiger partial charge on any atom is -0.457 e. The van der Waals surface area contributed by atoms with Crippen LogP contribution in [-0.4, -0.2) is 18.1 Å². The zero-order valence-electron chi connectivity index (χ0n) is 12.9. The van der Waals surface area contributed by atoms with E-state index in [1.54, 1.807) is 0 Å². The highest BCUT2D eigenvalue weighted by Crippen LogP contribution is 2.32. The smallest absolute Gasteiger partial charge is 0.457 e. The molecule has 0 saturated heterocycles. The van der Waals surface area contributed by atoms with Gasteiger partial charge in [-0.05, 0) is 35.3 Å². The summed E-state index contributed by atoms with van der Waals surface area (Å²) in [6.45, 7) is -0.421. The first-order valence-electron chi connectivity index (χ1n) is 7.31. The van der Waals surface area contributed by atoms with Crippen LogP contribution in [0.2, 0.25) is 5.02 Å². The van der Waals surface area contributed by atoms with Crippen LogP contribution in [0.3, 0.4) is 0 Å². The predicted octanol–water partition coefficient (Wildman–Crippen LogP) is 3.07. The first-order valence-corrected chi connectivity index (χ1v) is 7.69. The summed E-state index contributed by atoms with van der Waals surface area (Å²) in [5.41, 5.74) is -0.547. The molecule has 0 radical (unpaired) electrons. The Kier molecular flexibility index (Phi) is 4.96. The number of alkyl halides is 3. The van der Waals surface area contributed by atoms with E-state index in [0.717, 1.165) is 24.3 Å². The predicted molar refractivity (Wildman–Crippen MR) is 84.4 cm³/mol. The summed E-state index contributed by atoms with van der Waals surface area (Å²) in [5.74, 6) is -1.90. The van der Waals surface area contributed by atoms with Gasteiger partial charge in [-0.2, -0.15) is 13.2 Å². The van der Waals surface area contributed by atoms with Gasteiger partial charge in [0.2, 0.25) is 0 Å². The molecule has 2 aromatic carbocycles. The van der Waals surface area contributed by atoms with Gasteiger partial charge in [0.05, 0.1) is 17.7 Å². The zero-order valence-corrected chi connectivity index (χ0v) is 13.7. The topological polar surface area (TPSA) is 55.8 Å². The summed E-state index contributed by atoms with van der Waals surface area (Å²) in [7, 11) is -1.26. The largest absolute Gasteiger partial charge is 0.491 e. The Hall–Kier alpha value is -2.10. The number of fused-ring (bicyclic) bond motifs is 1. The molecule has 0 bridgehead atoms. The number of hydrogen-bond acceptors (Lipinski definition) is 4. The van der Waals surface area contributed by atoms with Gasteiger partial charge in [-0.15, -0.1) is 0 Å². The summed E-state index contributed by atoms with van der Waals surface area (Å²) >= 11 is 5.78. The Labute approximate surface area is 150 Å². The standard InChI is InChI=1S/C16H10BClF4O4/c18-13-4-10(16(20,21)22)2-1-8(13)6-25-15(23)11-5-12-9(3-14(11)19)7-26-17(12)24/h1-5,24H,6-7H2. The van der Waals surface area contributed by atoms with E-state index in [4.69, 9.17) is 21.0 Å². The van der Waals surface area contributed by atoms with E-state index in [1.807, 2.05) is 0 Å². The molecular formula is C16H10BClF4O4. The number of carbonyl (C=O) groups excluding carboxylic acids is 1. The van der Waals surface area contributed by atoms with Crippen molar-refractivity contribution in [3.63, 3.8) is 0 Å². The molecular weight excluding hydrogens is 378 g/mol. The van der Waals surface area contributed by atoms with Crippen LogP contribution in [0.1, 0.15) is 27.0 Å². The fraction of sp³-hybridized carbons (Fsp3) is 0.188. The maximum absolute atomic E-state index is 14.0. The Morgan fingerprint density at radius 1 is 1.31 bits per heavy atom. The van der Waals surface area contributed by atoms with Crippen LogP contribution >= 0.6 is 11.6 Å². The van der Waals surface area contributed by atoms with Crippen molar-refractivity contribution in [2.75, 3.05) is 0 Å². The van der Waals surface area contributed by atoms with Gasteiger partial charge in [-0.1, -0.05) is 17.7 Å². The molecule has 0 spiro atoms. The van der Waals surface area contributed by atoms with Gasteiger partial charge in [-0.25, -0.2) is 9.18 Å². The van der Waals surface area contributed by atoms with Crippen LogP contribution in [0.5, 0.6) is 0 Å². The molecule has 0 unspecified atom stereocenters. The third-order valence-electron chi connectivity index (χ3n) is 3.85. The van der Waals surface area contributed by atoms with E-state index in [2.05, 4.69) is 0 Å². The van der Waals surface area contributed by atoms with Gasteiger partial charge in [0.1, 0.15) is 12.4 Å². The van der Waals surface area contributed by atoms with E-state index in [9.17, 15) is 27.4 Å². The lowest BCUT2D eigenvalue weighted by Gasteiger charge is -2.11. The highest BCUT2D eigenvalue weighted by atomic mass is 35.5. The van der Waals surface area contributed by atoms with Gasteiger partial charge in [0.15, 0.2) is 0 Å². The molecule has 2 aromatic rings. The SMILES string of the molecule is O=C(OCc1ccc(C(F)(F)F)cc1Cl)c1cc2c(cc1F)COB2O. The molecule has 136 valence electrons. The van der Waals surface area contributed by atoms with Gasteiger partial charge in [0.25, 0.3) is 0 Å². The molecule has 4 nitrogen and oxygen atoms in total. The number of rotatable bonds is 3. The molecule has 0 aromatic heterocycles. The molecule has 0 atom stereocenters. The lowest BCUT2D eigenvalue weighted by Crippen LogP contribution is -2.29. The lowest BCUT2D eigenvalue weighted by molar-refractivity contribution is -0.137. The van der Waals surface area contributed by atoms with E-state index >= 15 is 0 Å². The van der Waals surface area contributed by atoms with Gasteiger partial charge >= 0.3 is 19.3 Å². The number of ether oxygens (including phenoxy) is 1. The third-order valence-corrected chi connectivity index (χ3v) is 4.20. The molecule has 1 aliphatic heterocycles. The summed E-state index contributed by atoms with van der Waals surface area (Å²) in [4.78, 5) is 12.1. The number of halogens is 5. The molecule has 1 N–H and O–H groups in total. The third kappa shape index (κ3) is 3.69. The van der Waals surface area contributed by atoms with Gasteiger partial charge in [-0.3, -0.25) is 0 Å². The van der Waals surface area contributed by atoms with Gasteiger partial charge < -0.3 is 14.4 Å². The highest BCUT2D eigenvalue weighted by Gasteiger charge is 2.32. The maximum atomic E-state index is 14.0. The van der Waals surface area contributed by atoms with E-state index < -0.39 is 42.8 Å². The summed E-state index contributed by atoms with van der Waals surface area (Å²) < 4.78 is 61.7. The first-order chi connectivity index (χ1) is 12.2. The van der Waals surface area contributed by atoms with Crippen LogP contribution in [-0.2, 0) is 28.8 Å². The average Bonchev–Trinajstić information content (AvgIpc) is 2.92. The van der Waals surface area contributed by atoms with Crippen molar-refractivity contribution >= 4 is 30.2 Å². The Morgan fingerprint density at radius 2 is 2.04 bits per heavy atom. The normalized spacial score (nSPS) is 13.7. The Bertz CT molecular complexity index is 872. The van der Waals surface area contributed by atoms with Crippen molar-refractivity contribution in [3.8, 4) is 0 Å². The fourth-order valence-corrected chi connectivity index (χ4v) is 2.70. The molecule has 26 heavy (non-hydrogen) atoms.